The van der Waals surface area contributed by atoms with Crippen LogP contribution in [0.5, 0.6) is 0 Å². The summed E-state index contributed by atoms with van der Waals surface area (Å²) in [6.45, 7) is 4.06. The second-order valence-electron chi connectivity index (χ2n) is 5.24. The molecule has 0 aliphatic heterocycles. The molecule has 1 heterocycles. The van der Waals surface area contributed by atoms with Gasteiger partial charge in [0.1, 0.15) is 0 Å². The molecule has 2 aromatic rings. The van der Waals surface area contributed by atoms with E-state index in [1.165, 1.54) is 4.88 Å². The van der Waals surface area contributed by atoms with Crippen LogP contribution >= 0.6 is 11.3 Å². The monoisotopic (exact) mass is 303 g/mol. The van der Waals surface area contributed by atoms with Gasteiger partial charge in [0.2, 0.25) is 5.91 Å². The Morgan fingerprint density at radius 1 is 1.24 bits per heavy atom. The molecule has 1 N–H and O–H groups in total. The zero-order chi connectivity index (χ0) is 15.4. The van der Waals surface area contributed by atoms with E-state index in [4.69, 9.17) is 0 Å². The van der Waals surface area contributed by atoms with Gasteiger partial charge in [-0.05, 0) is 38.1 Å². The number of amides is 1. The number of hydrogen-bond donors (Lipinski definition) is 1. The van der Waals surface area contributed by atoms with Crippen molar-refractivity contribution in [3.63, 3.8) is 0 Å². The van der Waals surface area contributed by atoms with Gasteiger partial charge in [-0.15, -0.1) is 11.3 Å². The van der Waals surface area contributed by atoms with Gasteiger partial charge >= 0.3 is 0 Å². The van der Waals surface area contributed by atoms with E-state index in [0.717, 1.165) is 22.1 Å². The van der Waals surface area contributed by atoms with E-state index < -0.39 is 0 Å². The third kappa shape index (κ3) is 4.29. The summed E-state index contributed by atoms with van der Waals surface area (Å²) in [6.07, 6.45) is 1.16. The molecular weight excluding hydrogens is 282 g/mol. The highest BCUT2D eigenvalue weighted by Gasteiger charge is 2.07. The van der Waals surface area contributed by atoms with Crippen molar-refractivity contribution < 1.29 is 4.79 Å². The molecule has 1 aromatic carbocycles. The van der Waals surface area contributed by atoms with Crippen molar-refractivity contribution in [3.05, 3.63) is 39.8 Å². The molecule has 1 amide bonds. The van der Waals surface area contributed by atoms with Crippen molar-refractivity contribution in [1.82, 2.24) is 4.98 Å². The van der Waals surface area contributed by atoms with Crippen LogP contribution in [0.3, 0.4) is 0 Å². The number of benzene rings is 1. The summed E-state index contributed by atoms with van der Waals surface area (Å²) in [5.74, 6) is 0.0260. The van der Waals surface area contributed by atoms with Crippen LogP contribution in [0, 0.1) is 13.8 Å². The van der Waals surface area contributed by atoms with Crippen molar-refractivity contribution in [2.75, 3.05) is 24.3 Å². The number of aryl methyl sites for hydroxylation is 3. The summed E-state index contributed by atoms with van der Waals surface area (Å²) in [7, 11) is 3.98. The number of thiazole rings is 1. The van der Waals surface area contributed by atoms with Crippen LogP contribution in [0.1, 0.15) is 22.0 Å². The Labute approximate surface area is 129 Å². The number of carbonyl (C=O) groups excluding carboxylic acids is 1. The Kier molecular flexibility index (Phi) is 4.96. The third-order valence-corrected chi connectivity index (χ3v) is 4.44. The fourth-order valence-electron chi connectivity index (χ4n) is 1.93. The van der Waals surface area contributed by atoms with E-state index >= 15 is 0 Å². The quantitative estimate of drug-likeness (QED) is 0.921. The Morgan fingerprint density at radius 3 is 2.43 bits per heavy atom. The van der Waals surface area contributed by atoms with E-state index in [2.05, 4.69) is 17.2 Å². The minimum atomic E-state index is 0.0260. The summed E-state index contributed by atoms with van der Waals surface area (Å²) in [4.78, 5) is 19.7. The molecule has 2 rings (SSSR count). The molecule has 1 aromatic heterocycles. The third-order valence-electron chi connectivity index (χ3n) is 3.31. The molecule has 0 saturated heterocycles. The lowest BCUT2D eigenvalue weighted by molar-refractivity contribution is -0.116. The fraction of sp³-hybridized carbons (Fsp3) is 0.375. The van der Waals surface area contributed by atoms with Crippen molar-refractivity contribution in [2.45, 2.75) is 26.7 Å². The lowest BCUT2D eigenvalue weighted by Gasteiger charge is -2.13. The molecule has 0 fully saturated rings. The predicted octanol–water partition coefficient (Wildman–Crippen LogP) is 3.40. The maximum Gasteiger partial charge on any atom is 0.224 e. The molecule has 112 valence electrons. The normalized spacial score (nSPS) is 10.5. The lowest BCUT2D eigenvalue weighted by atomic mass is 10.2. The average Bonchev–Trinajstić information content (AvgIpc) is 2.76. The molecule has 5 heteroatoms. The Hall–Kier alpha value is -1.88. The van der Waals surface area contributed by atoms with Crippen LogP contribution in [-0.2, 0) is 11.2 Å². The first kappa shape index (κ1) is 15.5. The smallest absolute Gasteiger partial charge is 0.224 e. The van der Waals surface area contributed by atoms with Crippen molar-refractivity contribution >= 4 is 28.6 Å². The SMILES string of the molecule is Cc1nc(CCC(=O)Nc2ccc(N(C)C)cc2)sc1C. The van der Waals surface area contributed by atoms with E-state index in [1.54, 1.807) is 11.3 Å². The average molecular weight is 303 g/mol. The lowest BCUT2D eigenvalue weighted by Crippen LogP contribution is -2.13. The maximum absolute atomic E-state index is 12.0. The number of anilines is 2. The Balaban J connectivity index is 1.86. The van der Waals surface area contributed by atoms with Crippen molar-refractivity contribution in [2.24, 2.45) is 0 Å². The predicted molar refractivity (Wildman–Crippen MR) is 89.3 cm³/mol. The Bertz CT molecular complexity index is 597. The fourth-order valence-corrected chi connectivity index (χ4v) is 2.87. The highest BCUT2D eigenvalue weighted by atomic mass is 32.1. The number of aromatic nitrogens is 1. The first-order valence-electron chi connectivity index (χ1n) is 6.96. The highest BCUT2D eigenvalue weighted by Crippen LogP contribution is 2.19. The van der Waals surface area contributed by atoms with Gasteiger partial charge in [-0.25, -0.2) is 4.98 Å². The molecular formula is C16H21N3OS. The van der Waals surface area contributed by atoms with E-state index in [9.17, 15) is 4.79 Å². The summed E-state index contributed by atoms with van der Waals surface area (Å²) in [6, 6.07) is 7.82. The van der Waals surface area contributed by atoms with Crippen molar-refractivity contribution in [1.29, 1.82) is 0 Å². The summed E-state index contributed by atoms with van der Waals surface area (Å²) >= 11 is 1.67. The van der Waals surface area contributed by atoms with Gasteiger partial charge in [0.05, 0.1) is 10.7 Å². The van der Waals surface area contributed by atoms with Gasteiger partial charge in [0.15, 0.2) is 0 Å². The number of nitrogens with one attached hydrogen (secondary N) is 1. The standard InChI is InChI=1S/C16H21N3OS/c1-11-12(2)21-16(17-11)10-9-15(20)18-13-5-7-14(8-6-13)19(3)4/h5-8H,9-10H2,1-4H3,(H,18,20). The number of nitrogens with zero attached hydrogens (tertiary/aromatic N) is 2. The molecule has 0 aliphatic carbocycles. The first-order chi connectivity index (χ1) is 9.95. The van der Waals surface area contributed by atoms with Gasteiger partial charge in [0, 0.05) is 43.2 Å². The van der Waals surface area contributed by atoms with Gasteiger partial charge < -0.3 is 10.2 Å². The molecule has 0 aliphatic rings. The molecule has 0 radical (unpaired) electrons. The summed E-state index contributed by atoms with van der Waals surface area (Å²) in [5, 5.41) is 3.95. The van der Waals surface area contributed by atoms with E-state index in [1.807, 2.05) is 50.2 Å². The van der Waals surface area contributed by atoms with Crippen LogP contribution in [0.15, 0.2) is 24.3 Å². The topological polar surface area (TPSA) is 45.2 Å². The Morgan fingerprint density at radius 2 is 1.90 bits per heavy atom. The zero-order valence-corrected chi connectivity index (χ0v) is 13.8. The molecule has 21 heavy (non-hydrogen) atoms. The van der Waals surface area contributed by atoms with Crippen LogP contribution in [0.25, 0.3) is 0 Å². The van der Waals surface area contributed by atoms with Crippen LogP contribution in [0.4, 0.5) is 11.4 Å². The van der Waals surface area contributed by atoms with Crippen LogP contribution in [-0.4, -0.2) is 25.0 Å². The van der Waals surface area contributed by atoms with Crippen LogP contribution < -0.4 is 10.2 Å². The second-order valence-corrected chi connectivity index (χ2v) is 6.53. The summed E-state index contributed by atoms with van der Waals surface area (Å²) in [5.41, 5.74) is 3.01. The minimum absolute atomic E-state index is 0.0260. The first-order valence-corrected chi connectivity index (χ1v) is 7.77. The molecule has 0 bridgehead atoms. The van der Waals surface area contributed by atoms with Gasteiger partial charge in [-0.3, -0.25) is 4.79 Å². The number of rotatable bonds is 5. The molecule has 4 nitrogen and oxygen atoms in total. The van der Waals surface area contributed by atoms with E-state index in [0.29, 0.717) is 12.8 Å². The van der Waals surface area contributed by atoms with Gasteiger partial charge in [0.25, 0.3) is 0 Å². The van der Waals surface area contributed by atoms with Crippen molar-refractivity contribution in [3.8, 4) is 0 Å². The van der Waals surface area contributed by atoms with Gasteiger partial charge in [-0.2, -0.15) is 0 Å². The molecule has 0 saturated carbocycles. The van der Waals surface area contributed by atoms with Crippen LogP contribution in [0.2, 0.25) is 0 Å². The molecule has 0 atom stereocenters. The van der Waals surface area contributed by atoms with E-state index in [-0.39, 0.29) is 5.91 Å². The highest BCUT2D eigenvalue weighted by molar-refractivity contribution is 7.11. The zero-order valence-electron chi connectivity index (χ0n) is 12.9. The number of hydrogen-bond acceptors (Lipinski definition) is 4. The van der Waals surface area contributed by atoms with Gasteiger partial charge in [-0.1, -0.05) is 0 Å². The molecule has 0 spiro atoms. The maximum atomic E-state index is 12.0. The summed E-state index contributed by atoms with van der Waals surface area (Å²) < 4.78 is 0. The number of carbonyl (C=O) groups is 1. The molecule has 0 unspecified atom stereocenters. The second kappa shape index (κ2) is 6.72. The minimum Gasteiger partial charge on any atom is -0.378 e. The largest absolute Gasteiger partial charge is 0.378 e.